The topological polar surface area (TPSA) is 44.1 Å². The number of nitrogens with zero attached hydrogens (tertiary/aromatic N) is 2. The van der Waals surface area contributed by atoms with Crippen LogP contribution in [0.25, 0.3) is 11.0 Å². The Bertz CT molecular complexity index is 622. The number of aromatic nitrogens is 2. The average Bonchev–Trinajstić information content (AvgIpc) is 2.77. The monoisotopic (exact) mass is 338 g/mol. The van der Waals surface area contributed by atoms with E-state index in [1.807, 2.05) is 32.0 Å². The summed E-state index contributed by atoms with van der Waals surface area (Å²) in [6.45, 7) is 7.04. The van der Waals surface area contributed by atoms with Crippen LogP contribution in [0.1, 0.15) is 38.9 Å². The molecule has 0 spiro atoms. The number of ether oxygens (including phenoxy) is 1. The molecule has 1 aromatic carbocycles. The standard InChI is InChI=1S/C15H19BrN2O2/c1-4-11(15(19)20-6-3)14-17-12-9-10(16)7-8-13(12)18(14)5-2/h7-9,11H,4-6H2,1-3H3. The Hall–Kier alpha value is -1.36. The lowest BCUT2D eigenvalue weighted by molar-refractivity contribution is -0.145. The Morgan fingerprint density at radius 1 is 1.40 bits per heavy atom. The zero-order valence-electron chi connectivity index (χ0n) is 12.0. The molecule has 5 heteroatoms. The van der Waals surface area contributed by atoms with Crippen LogP contribution in [0.3, 0.4) is 0 Å². The minimum absolute atomic E-state index is 0.195. The second kappa shape index (κ2) is 6.39. The molecule has 0 saturated carbocycles. The summed E-state index contributed by atoms with van der Waals surface area (Å²) in [7, 11) is 0. The van der Waals surface area contributed by atoms with Crippen molar-refractivity contribution in [2.75, 3.05) is 6.61 Å². The summed E-state index contributed by atoms with van der Waals surface area (Å²) < 4.78 is 8.24. The summed E-state index contributed by atoms with van der Waals surface area (Å²) in [5.74, 6) is 0.293. The van der Waals surface area contributed by atoms with Crippen molar-refractivity contribution in [1.29, 1.82) is 0 Å². The van der Waals surface area contributed by atoms with Crippen LogP contribution >= 0.6 is 15.9 Å². The van der Waals surface area contributed by atoms with E-state index >= 15 is 0 Å². The van der Waals surface area contributed by atoms with E-state index in [1.54, 1.807) is 0 Å². The van der Waals surface area contributed by atoms with Crippen molar-refractivity contribution in [3.8, 4) is 0 Å². The molecule has 0 aliphatic heterocycles. The molecule has 0 fully saturated rings. The summed E-state index contributed by atoms with van der Waals surface area (Å²) in [6, 6.07) is 5.99. The van der Waals surface area contributed by atoms with Gasteiger partial charge in [-0.15, -0.1) is 0 Å². The first-order valence-electron chi connectivity index (χ1n) is 6.94. The van der Waals surface area contributed by atoms with Gasteiger partial charge >= 0.3 is 5.97 Å². The van der Waals surface area contributed by atoms with Crippen molar-refractivity contribution in [2.24, 2.45) is 0 Å². The van der Waals surface area contributed by atoms with Crippen LogP contribution in [0.4, 0.5) is 0 Å². The predicted octanol–water partition coefficient (Wildman–Crippen LogP) is 3.88. The van der Waals surface area contributed by atoms with E-state index in [0.29, 0.717) is 13.0 Å². The molecule has 20 heavy (non-hydrogen) atoms. The second-order valence-electron chi connectivity index (χ2n) is 4.56. The number of imidazole rings is 1. The van der Waals surface area contributed by atoms with Gasteiger partial charge in [0.15, 0.2) is 0 Å². The summed E-state index contributed by atoms with van der Waals surface area (Å²) in [4.78, 5) is 16.8. The van der Waals surface area contributed by atoms with Gasteiger partial charge < -0.3 is 9.30 Å². The molecule has 2 aromatic rings. The van der Waals surface area contributed by atoms with Crippen molar-refractivity contribution >= 4 is 32.9 Å². The van der Waals surface area contributed by atoms with Gasteiger partial charge in [0.05, 0.1) is 17.6 Å². The molecule has 0 aliphatic carbocycles. The van der Waals surface area contributed by atoms with Gasteiger partial charge in [-0.25, -0.2) is 4.98 Å². The van der Waals surface area contributed by atoms with Crippen LogP contribution < -0.4 is 0 Å². The molecule has 1 aromatic heterocycles. The number of rotatable bonds is 5. The van der Waals surface area contributed by atoms with Crippen molar-refractivity contribution in [1.82, 2.24) is 9.55 Å². The van der Waals surface area contributed by atoms with Crippen molar-refractivity contribution in [2.45, 2.75) is 39.7 Å². The summed E-state index contributed by atoms with van der Waals surface area (Å²) in [5.41, 5.74) is 1.95. The van der Waals surface area contributed by atoms with Gasteiger partial charge in [0.2, 0.25) is 0 Å². The normalized spacial score (nSPS) is 12.6. The van der Waals surface area contributed by atoms with Gasteiger partial charge in [0, 0.05) is 11.0 Å². The number of fused-ring (bicyclic) bond motifs is 1. The fraction of sp³-hybridized carbons (Fsp3) is 0.467. The molecule has 4 nitrogen and oxygen atoms in total. The highest BCUT2D eigenvalue weighted by atomic mass is 79.9. The number of hydrogen-bond donors (Lipinski definition) is 0. The molecule has 0 saturated heterocycles. The quantitative estimate of drug-likeness (QED) is 0.777. The Kier molecular flexibility index (Phi) is 4.81. The van der Waals surface area contributed by atoms with Gasteiger partial charge in [-0.1, -0.05) is 22.9 Å². The Balaban J connectivity index is 2.54. The number of esters is 1. The third-order valence-corrected chi connectivity index (χ3v) is 3.84. The second-order valence-corrected chi connectivity index (χ2v) is 5.48. The van der Waals surface area contributed by atoms with E-state index in [1.165, 1.54) is 0 Å². The lowest BCUT2D eigenvalue weighted by Gasteiger charge is -2.14. The molecule has 2 rings (SSSR count). The smallest absolute Gasteiger partial charge is 0.316 e. The fourth-order valence-electron chi connectivity index (χ4n) is 2.42. The van der Waals surface area contributed by atoms with E-state index < -0.39 is 0 Å². The minimum atomic E-state index is -0.305. The molecule has 1 atom stereocenters. The van der Waals surface area contributed by atoms with Crippen LogP contribution in [0.15, 0.2) is 22.7 Å². The predicted molar refractivity (Wildman–Crippen MR) is 82.8 cm³/mol. The van der Waals surface area contributed by atoms with Gasteiger partial charge in [0.1, 0.15) is 11.7 Å². The lowest BCUT2D eigenvalue weighted by Crippen LogP contribution is -2.19. The molecular formula is C15H19BrN2O2. The molecule has 0 N–H and O–H groups in total. The van der Waals surface area contributed by atoms with Gasteiger partial charge in [-0.3, -0.25) is 4.79 Å². The van der Waals surface area contributed by atoms with E-state index in [-0.39, 0.29) is 11.9 Å². The van der Waals surface area contributed by atoms with Crippen molar-refractivity contribution in [3.05, 3.63) is 28.5 Å². The van der Waals surface area contributed by atoms with Crippen LogP contribution in [0.2, 0.25) is 0 Å². The van der Waals surface area contributed by atoms with Crippen LogP contribution in [-0.2, 0) is 16.1 Å². The van der Waals surface area contributed by atoms with Gasteiger partial charge in [0.25, 0.3) is 0 Å². The first kappa shape index (κ1) is 15.0. The fourth-order valence-corrected chi connectivity index (χ4v) is 2.77. The average molecular weight is 339 g/mol. The number of carbonyl (C=O) groups excluding carboxylic acids is 1. The summed E-state index contributed by atoms with van der Waals surface area (Å²) >= 11 is 3.46. The Labute approximate surface area is 127 Å². The van der Waals surface area contributed by atoms with E-state index in [2.05, 4.69) is 32.4 Å². The molecule has 0 bridgehead atoms. The van der Waals surface area contributed by atoms with E-state index in [4.69, 9.17) is 4.74 Å². The number of carbonyl (C=O) groups is 1. The zero-order chi connectivity index (χ0) is 14.7. The number of hydrogen-bond acceptors (Lipinski definition) is 3. The van der Waals surface area contributed by atoms with Crippen LogP contribution in [-0.4, -0.2) is 22.1 Å². The maximum Gasteiger partial charge on any atom is 0.316 e. The molecule has 108 valence electrons. The number of halogens is 1. The molecule has 0 amide bonds. The largest absolute Gasteiger partial charge is 0.465 e. The first-order valence-corrected chi connectivity index (χ1v) is 7.73. The zero-order valence-corrected chi connectivity index (χ0v) is 13.6. The Morgan fingerprint density at radius 2 is 2.15 bits per heavy atom. The molecule has 0 aliphatic rings. The molecule has 1 unspecified atom stereocenters. The van der Waals surface area contributed by atoms with Gasteiger partial charge in [-0.2, -0.15) is 0 Å². The highest BCUT2D eigenvalue weighted by molar-refractivity contribution is 9.10. The first-order chi connectivity index (χ1) is 9.62. The maximum atomic E-state index is 12.1. The minimum Gasteiger partial charge on any atom is -0.465 e. The SMILES string of the molecule is CCOC(=O)C(CC)c1nc2cc(Br)ccc2n1CC. The van der Waals surface area contributed by atoms with Crippen LogP contribution in [0, 0.1) is 0 Å². The van der Waals surface area contributed by atoms with E-state index in [9.17, 15) is 4.79 Å². The van der Waals surface area contributed by atoms with E-state index in [0.717, 1.165) is 27.9 Å². The highest BCUT2D eigenvalue weighted by Crippen LogP contribution is 2.27. The molecule has 1 heterocycles. The van der Waals surface area contributed by atoms with Gasteiger partial charge in [-0.05, 0) is 38.5 Å². The number of aryl methyl sites for hydroxylation is 1. The van der Waals surface area contributed by atoms with Crippen LogP contribution in [0.5, 0.6) is 0 Å². The maximum absolute atomic E-state index is 12.1. The van der Waals surface area contributed by atoms with Crippen molar-refractivity contribution in [3.63, 3.8) is 0 Å². The summed E-state index contributed by atoms with van der Waals surface area (Å²) in [6.07, 6.45) is 0.684. The lowest BCUT2D eigenvalue weighted by atomic mass is 10.1. The Morgan fingerprint density at radius 3 is 2.75 bits per heavy atom. The molecule has 0 radical (unpaired) electrons. The summed E-state index contributed by atoms with van der Waals surface area (Å²) in [5, 5.41) is 0. The van der Waals surface area contributed by atoms with Crippen molar-refractivity contribution < 1.29 is 9.53 Å². The number of benzene rings is 1. The highest BCUT2D eigenvalue weighted by Gasteiger charge is 2.26. The third-order valence-electron chi connectivity index (χ3n) is 3.35. The third kappa shape index (κ3) is 2.73. The molecular weight excluding hydrogens is 320 g/mol.